The van der Waals surface area contributed by atoms with E-state index < -0.39 is 0 Å². The lowest BCUT2D eigenvalue weighted by atomic mass is 10.2. The molecule has 0 aliphatic rings. The van der Waals surface area contributed by atoms with Crippen molar-refractivity contribution in [3.63, 3.8) is 0 Å². The number of nitrogens with two attached hydrogens (primary N) is 1. The van der Waals surface area contributed by atoms with Crippen molar-refractivity contribution in [1.82, 2.24) is 5.43 Å². The van der Waals surface area contributed by atoms with E-state index in [2.05, 4.69) is 17.3 Å². The Morgan fingerprint density at radius 2 is 2.20 bits per heavy atom. The van der Waals surface area contributed by atoms with Gasteiger partial charge in [0.2, 0.25) is 0 Å². The maximum absolute atomic E-state index is 5.22. The standard InChI is InChI=1S/C7H17N3/c1-3-5-6-7(10-8)9-4-2/h3-6,8H2,1-2H3,(H,9,10). The fourth-order valence-corrected chi connectivity index (χ4v) is 0.732. The van der Waals surface area contributed by atoms with Gasteiger partial charge >= 0.3 is 0 Å². The SMILES string of the molecule is CCCCC(=NCC)NN. The molecule has 0 aromatic carbocycles. The van der Waals surface area contributed by atoms with Crippen LogP contribution in [0, 0.1) is 0 Å². The molecule has 0 amide bonds. The molecule has 0 saturated heterocycles. The van der Waals surface area contributed by atoms with Crippen molar-refractivity contribution in [1.29, 1.82) is 0 Å². The highest BCUT2D eigenvalue weighted by atomic mass is 15.2. The number of hydrogen-bond acceptors (Lipinski definition) is 2. The number of hydrogen-bond donors (Lipinski definition) is 2. The summed E-state index contributed by atoms with van der Waals surface area (Å²) in [4.78, 5) is 4.16. The van der Waals surface area contributed by atoms with Crippen LogP contribution < -0.4 is 11.3 Å². The quantitative estimate of drug-likeness (QED) is 0.267. The molecule has 0 aromatic heterocycles. The second-order valence-electron chi connectivity index (χ2n) is 2.17. The molecule has 0 aliphatic heterocycles. The van der Waals surface area contributed by atoms with E-state index in [0.717, 1.165) is 25.2 Å². The van der Waals surface area contributed by atoms with E-state index in [1.807, 2.05) is 6.92 Å². The predicted octanol–water partition coefficient (Wildman–Crippen LogP) is 1.06. The first kappa shape index (κ1) is 9.43. The van der Waals surface area contributed by atoms with Crippen LogP contribution in [-0.2, 0) is 0 Å². The number of aliphatic imine (C=N–C) groups is 1. The number of nitrogens with one attached hydrogen (secondary N) is 1. The second kappa shape index (κ2) is 6.55. The van der Waals surface area contributed by atoms with Crippen molar-refractivity contribution in [2.24, 2.45) is 10.8 Å². The van der Waals surface area contributed by atoms with Crippen LogP contribution in [-0.4, -0.2) is 12.4 Å². The number of hydrazine groups is 1. The van der Waals surface area contributed by atoms with Crippen LogP contribution in [0.15, 0.2) is 4.99 Å². The van der Waals surface area contributed by atoms with Crippen LogP contribution in [0.1, 0.15) is 33.1 Å². The van der Waals surface area contributed by atoms with Gasteiger partial charge in [0.05, 0.1) is 0 Å². The van der Waals surface area contributed by atoms with E-state index in [-0.39, 0.29) is 0 Å². The van der Waals surface area contributed by atoms with Gasteiger partial charge in [-0.3, -0.25) is 4.99 Å². The van der Waals surface area contributed by atoms with Crippen LogP contribution in [0.3, 0.4) is 0 Å². The number of unbranched alkanes of at least 4 members (excludes halogenated alkanes) is 1. The molecule has 0 heterocycles. The summed E-state index contributed by atoms with van der Waals surface area (Å²) in [6.45, 7) is 4.96. The van der Waals surface area contributed by atoms with Gasteiger partial charge in [0.25, 0.3) is 0 Å². The van der Waals surface area contributed by atoms with E-state index in [0.29, 0.717) is 0 Å². The zero-order valence-corrected chi connectivity index (χ0v) is 6.85. The summed E-state index contributed by atoms with van der Waals surface area (Å²) in [7, 11) is 0. The molecule has 0 radical (unpaired) electrons. The van der Waals surface area contributed by atoms with Gasteiger partial charge in [-0.15, -0.1) is 0 Å². The van der Waals surface area contributed by atoms with Gasteiger partial charge < -0.3 is 5.43 Å². The number of amidine groups is 1. The molecule has 0 aliphatic carbocycles. The van der Waals surface area contributed by atoms with Crippen LogP contribution >= 0.6 is 0 Å². The zero-order chi connectivity index (χ0) is 7.82. The molecule has 0 unspecified atom stereocenters. The molecule has 0 saturated carbocycles. The average molecular weight is 143 g/mol. The van der Waals surface area contributed by atoms with Crippen molar-refractivity contribution in [3.05, 3.63) is 0 Å². The molecule has 10 heavy (non-hydrogen) atoms. The lowest BCUT2D eigenvalue weighted by Gasteiger charge is -2.02. The second-order valence-corrected chi connectivity index (χ2v) is 2.17. The minimum Gasteiger partial charge on any atom is -0.312 e. The minimum atomic E-state index is 0.809. The maximum Gasteiger partial charge on any atom is 0.110 e. The Balaban J connectivity index is 3.49. The Kier molecular flexibility index (Phi) is 6.18. The first-order chi connectivity index (χ1) is 4.85. The van der Waals surface area contributed by atoms with E-state index in [1.54, 1.807) is 0 Å². The summed E-state index contributed by atoms with van der Waals surface area (Å²) < 4.78 is 0. The lowest BCUT2D eigenvalue weighted by molar-refractivity contribution is 0.802. The molecular weight excluding hydrogens is 126 g/mol. The van der Waals surface area contributed by atoms with Crippen LogP contribution in [0.25, 0.3) is 0 Å². The van der Waals surface area contributed by atoms with Gasteiger partial charge in [-0.05, 0) is 13.3 Å². The Morgan fingerprint density at radius 1 is 1.50 bits per heavy atom. The van der Waals surface area contributed by atoms with E-state index in [4.69, 9.17) is 5.84 Å². The Labute approximate surface area is 62.7 Å². The summed E-state index contributed by atoms with van der Waals surface area (Å²) in [6.07, 6.45) is 3.31. The maximum atomic E-state index is 5.22. The Morgan fingerprint density at radius 3 is 2.60 bits per heavy atom. The largest absolute Gasteiger partial charge is 0.312 e. The fourth-order valence-electron chi connectivity index (χ4n) is 0.732. The summed E-state index contributed by atoms with van der Waals surface area (Å²) in [5.41, 5.74) is 2.59. The van der Waals surface area contributed by atoms with Gasteiger partial charge in [0, 0.05) is 13.0 Å². The van der Waals surface area contributed by atoms with Crippen molar-refractivity contribution >= 4 is 5.84 Å². The Bertz CT molecular complexity index is 99.0. The van der Waals surface area contributed by atoms with Gasteiger partial charge in [-0.2, -0.15) is 0 Å². The molecule has 3 N–H and O–H groups in total. The predicted molar refractivity (Wildman–Crippen MR) is 44.8 cm³/mol. The number of nitrogens with zero attached hydrogens (tertiary/aromatic N) is 1. The Hall–Kier alpha value is -0.570. The summed E-state index contributed by atoms with van der Waals surface area (Å²) in [5.74, 6) is 6.14. The zero-order valence-electron chi connectivity index (χ0n) is 6.85. The van der Waals surface area contributed by atoms with Crippen molar-refractivity contribution < 1.29 is 0 Å². The lowest BCUT2D eigenvalue weighted by Crippen LogP contribution is -2.30. The highest BCUT2D eigenvalue weighted by Gasteiger charge is 1.92. The molecule has 0 atom stereocenters. The molecule has 60 valence electrons. The van der Waals surface area contributed by atoms with E-state index in [9.17, 15) is 0 Å². The van der Waals surface area contributed by atoms with Gasteiger partial charge in [0.15, 0.2) is 0 Å². The molecule has 0 rings (SSSR count). The molecule has 0 aromatic rings. The third-order valence-corrected chi connectivity index (χ3v) is 1.28. The normalized spacial score (nSPS) is 11.7. The molecule has 0 bridgehead atoms. The van der Waals surface area contributed by atoms with E-state index in [1.165, 1.54) is 6.42 Å². The van der Waals surface area contributed by atoms with Crippen LogP contribution in [0.5, 0.6) is 0 Å². The van der Waals surface area contributed by atoms with Gasteiger partial charge in [-0.1, -0.05) is 13.3 Å². The minimum absolute atomic E-state index is 0.809. The summed E-state index contributed by atoms with van der Waals surface area (Å²) in [5, 5.41) is 0. The first-order valence-electron chi connectivity index (χ1n) is 3.85. The van der Waals surface area contributed by atoms with Crippen molar-refractivity contribution in [2.45, 2.75) is 33.1 Å². The smallest absolute Gasteiger partial charge is 0.110 e. The van der Waals surface area contributed by atoms with Gasteiger partial charge in [0.1, 0.15) is 5.84 Å². The fraction of sp³-hybridized carbons (Fsp3) is 0.857. The van der Waals surface area contributed by atoms with Crippen LogP contribution in [0.4, 0.5) is 0 Å². The molecule has 0 fully saturated rings. The van der Waals surface area contributed by atoms with Crippen molar-refractivity contribution in [3.8, 4) is 0 Å². The topological polar surface area (TPSA) is 50.4 Å². The summed E-state index contributed by atoms with van der Waals surface area (Å²) in [6, 6.07) is 0. The monoisotopic (exact) mass is 143 g/mol. The average Bonchev–Trinajstić information content (AvgIpc) is 1.98. The highest BCUT2D eigenvalue weighted by Crippen LogP contribution is 1.93. The van der Waals surface area contributed by atoms with E-state index >= 15 is 0 Å². The third-order valence-electron chi connectivity index (χ3n) is 1.28. The molecule has 3 nitrogen and oxygen atoms in total. The third kappa shape index (κ3) is 4.32. The van der Waals surface area contributed by atoms with Crippen molar-refractivity contribution in [2.75, 3.05) is 6.54 Å². The highest BCUT2D eigenvalue weighted by molar-refractivity contribution is 5.81. The van der Waals surface area contributed by atoms with Gasteiger partial charge in [-0.25, -0.2) is 5.84 Å². The first-order valence-corrected chi connectivity index (χ1v) is 3.85. The molecule has 3 heteroatoms. The molecular formula is C7H17N3. The number of rotatable bonds is 4. The molecule has 0 spiro atoms. The summed E-state index contributed by atoms with van der Waals surface area (Å²) >= 11 is 0. The van der Waals surface area contributed by atoms with Crippen LogP contribution in [0.2, 0.25) is 0 Å².